The normalized spacial score (nSPS) is 9.20. The van der Waals surface area contributed by atoms with Crippen LogP contribution >= 0.6 is 18.1 Å². The molecule has 10 heavy (non-hydrogen) atoms. The fourth-order valence-electron chi connectivity index (χ4n) is 0.149. The van der Waals surface area contributed by atoms with Crippen molar-refractivity contribution in [3.63, 3.8) is 0 Å². The van der Waals surface area contributed by atoms with Gasteiger partial charge in [-0.3, -0.25) is 4.55 Å². The lowest BCUT2D eigenvalue weighted by Crippen LogP contribution is -2.01. The summed E-state index contributed by atoms with van der Waals surface area (Å²) in [4.78, 5) is 0. The average Bonchev–Trinajstić information content (AvgIpc) is 1.63. The van der Waals surface area contributed by atoms with Gasteiger partial charge in [-0.2, -0.15) is 8.42 Å². The van der Waals surface area contributed by atoms with Crippen LogP contribution in [0.15, 0.2) is 0 Å². The Morgan fingerprint density at radius 1 is 1.60 bits per heavy atom. The molecule has 60 valence electrons. The van der Waals surface area contributed by atoms with E-state index in [2.05, 4.69) is 4.18 Å². The van der Waals surface area contributed by atoms with Gasteiger partial charge in [0.15, 0.2) is 0 Å². The number of halogens is 2. The molecule has 0 amide bonds. The summed E-state index contributed by atoms with van der Waals surface area (Å²) in [5.41, 5.74) is 0. The van der Waals surface area contributed by atoms with Crippen molar-refractivity contribution in [1.82, 2.24) is 0 Å². The first-order valence-corrected chi connectivity index (χ1v) is 7.85. The molecule has 0 aliphatic carbocycles. The molecule has 0 saturated carbocycles. The van der Waals surface area contributed by atoms with Crippen LogP contribution in [0.2, 0.25) is 0 Å². The van der Waals surface area contributed by atoms with Gasteiger partial charge in [-0.15, -0.1) is 0 Å². The monoisotopic (exact) mass is 220 g/mol. The van der Waals surface area contributed by atoms with E-state index in [1.54, 1.807) is 0 Å². The lowest BCUT2D eigenvalue weighted by atomic mass is 10.9. The minimum atomic E-state index is -4.17. The van der Waals surface area contributed by atoms with Crippen LogP contribution in [0.4, 0.5) is 0 Å². The quantitative estimate of drug-likeness (QED) is 0.554. The Kier molecular flexibility index (Phi) is 11.5. The van der Waals surface area contributed by atoms with E-state index < -0.39 is 28.6 Å². The van der Waals surface area contributed by atoms with Crippen LogP contribution in [0.25, 0.3) is 0 Å². The highest BCUT2D eigenvalue weighted by molar-refractivity contribution is 7.80. The molecule has 0 aliphatic rings. The molecule has 0 aromatic rings. The van der Waals surface area contributed by atoms with Gasteiger partial charge in [0.25, 0.3) is 0 Å². The molecule has 0 aromatic heterocycles. The van der Waals surface area contributed by atoms with Gasteiger partial charge in [-0.05, 0) is 6.92 Å². The van der Waals surface area contributed by atoms with E-state index in [9.17, 15) is 8.42 Å². The van der Waals surface area contributed by atoms with Crippen LogP contribution in [0.5, 0.6) is 0 Å². The summed E-state index contributed by atoms with van der Waals surface area (Å²) in [6.07, 6.45) is 0. The molecule has 0 heterocycles. The van der Waals surface area contributed by atoms with Crippen molar-refractivity contribution in [2.24, 2.45) is 0 Å². The number of hydrogen-bond acceptors (Lipinski definition) is 3. The van der Waals surface area contributed by atoms with Crippen LogP contribution in [-0.4, -0.2) is 37.7 Å². The van der Waals surface area contributed by atoms with E-state index in [4.69, 9.17) is 22.7 Å². The molecule has 4 nitrogen and oxygen atoms in total. The van der Waals surface area contributed by atoms with Crippen LogP contribution in [0.3, 0.4) is 0 Å². The Bertz CT molecular complexity index is 145. The van der Waals surface area contributed by atoms with Crippen LogP contribution < -0.4 is 0 Å². The SMILES string of the molecule is CCOS(=O)(=O)O.[Cl][Mg][Cl]. The molecule has 1 N–H and O–H groups in total. The summed E-state index contributed by atoms with van der Waals surface area (Å²) < 4.78 is 30.7. The van der Waals surface area contributed by atoms with Crippen molar-refractivity contribution in [3.05, 3.63) is 0 Å². The van der Waals surface area contributed by atoms with Crippen molar-refractivity contribution < 1.29 is 17.2 Å². The Hall–Kier alpha value is 1.22. The highest BCUT2D eigenvalue weighted by Crippen LogP contribution is 1.81. The molecule has 0 saturated heterocycles. The molecule has 0 atom stereocenters. The Morgan fingerprint density at radius 3 is 1.90 bits per heavy atom. The Labute approximate surface area is 77.1 Å². The maximum Gasteiger partial charge on any atom is 0.618 e. The van der Waals surface area contributed by atoms with Gasteiger partial charge in [0.1, 0.15) is 0 Å². The maximum absolute atomic E-state index is 9.56. The standard InChI is InChI=1S/C2H6O4S.2ClH.Mg/c1-2-6-7(3,4)5;;;/h2H2,1H3,(H,3,4,5);2*1H;/q;;;+2/p-2. The van der Waals surface area contributed by atoms with E-state index in [1.165, 1.54) is 6.92 Å². The third kappa shape index (κ3) is 22.9. The first-order chi connectivity index (χ1) is 4.47. The predicted molar refractivity (Wildman–Crippen MR) is 40.6 cm³/mol. The highest BCUT2D eigenvalue weighted by atomic mass is 35.6. The summed E-state index contributed by atoms with van der Waals surface area (Å²) in [6.45, 7) is 1.44. The Morgan fingerprint density at radius 2 is 1.90 bits per heavy atom. The Balaban J connectivity index is 0. The molecule has 0 unspecified atom stereocenters. The molecular formula is C2H6Cl2MgO4S. The molecule has 0 aromatic carbocycles. The molecule has 0 fully saturated rings. The van der Waals surface area contributed by atoms with Crippen molar-refractivity contribution in [2.75, 3.05) is 6.61 Å². The van der Waals surface area contributed by atoms with Gasteiger partial charge < -0.3 is 18.1 Å². The van der Waals surface area contributed by atoms with Crippen molar-refractivity contribution in [1.29, 1.82) is 0 Å². The minimum absolute atomic E-state index is 0.0289. The summed E-state index contributed by atoms with van der Waals surface area (Å²) in [6, 6.07) is 0. The van der Waals surface area contributed by atoms with E-state index in [-0.39, 0.29) is 6.61 Å². The molecular weight excluding hydrogens is 215 g/mol. The summed E-state index contributed by atoms with van der Waals surface area (Å²) in [5.74, 6) is 0. The zero-order valence-corrected chi connectivity index (χ0v) is 8.99. The summed E-state index contributed by atoms with van der Waals surface area (Å²) in [7, 11) is 5.63. The van der Waals surface area contributed by atoms with Gasteiger partial charge in [0.05, 0.1) is 6.61 Å². The molecule has 0 radical (unpaired) electrons. The molecule has 0 aliphatic heterocycles. The van der Waals surface area contributed by atoms with E-state index in [0.29, 0.717) is 0 Å². The third-order valence-electron chi connectivity index (χ3n) is 0.267. The second-order valence-corrected chi connectivity index (χ2v) is 4.65. The highest BCUT2D eigenvalue weighted by Gasteiger charge is 1.98. The second-order valence-electron chi connectivity index (χ2n) is 0.935. The molecule has 0 bridgehead atoms. The molecule has 0 spiro atoms. The van der Waals surface area contributed by atoms with E-state index >= 15 is 0 Å². The van der Waals surface area contributed by atoms with Gasteiger partial charge in [0, 0.05) is 0 Å². The summed E-state index contributed by atoms with van der Waals surface area (Å²) >= 11 is -0.639. The fourth-order valence-corrected chi connectivity index (χ4v) is 0.447. The number of rotatable bonds is 2. The van der Waals surface area contributed by atoms with Crippen molar-refractivity contribution in [2.45, 2.75) is 6.92 Å². The average molecular weight is 221 g/mol. The van der Waals surface area contributed by atoms with E-state index in [0.717, 1.165) is 0 Å². The van der Waals surface area contributed by atoms with E-state index in [1.807, 2.05) is 0 Å². The van der Waals surface area contributed by atoms with Gasteiger partial charge in [-0.25, -0.2) is 4.18 Å². The minimum Gasteiger partial charge on any atom is -0.309 e. The van der Waals surface area contributed by atoms with Crippen LogP contribution in [0.1, 0.15) is 6.92 Å². The molecule has 0 rings (SSSR count). The maximum atomic E-state index is 9.56. The van der Waals surface area contributed by atoms with Crippen LogP contribution in [-0.2, 0) is 14.6 Å². The zero-order valence-electron chi connectivity index (χ0n) is 5.25. The van der Waals surface area contributed by atoms with Crippen LogP contribution in [0, 0.1) is 0 Å². The lowest BCUT2D eigenvalue weighted by molar-refractivity contribution is 0.283. The van der Waals surface area contributed by atoms with Gasteiger partial charge in [0.2, 0.25) is 0 Å². The summed E-state index contributed by atoms with van der Waals surface area (Å²) in [5, 5.41) is 0. The lowest BCUT2D eigenvalue weighted by Gasteiger charge is -1.88. The smallest absolute Gasteiger partial charge is 0.309 e. The topological polar surface area (TPSA) is 63.6 Å². The molecule has 8 heteroatoms. The van der Waals surface area contributed by atoms with Crippen molar-refractivity contribution in [3.8, 4) is 0 Å². The zero-order chi connectivity index (χ0) is 8.62. The second kappa shape index (κ2) is 8.31. The first-order valence-electron chi connectivity index (χ1n) is 2.21. The van der Waals surface area contributed by atoms with Gasteiger partial charge in [-0.1, -0.05) is 0 Å². The third-order valence-corrected chi connectivity index (χ3v) is 0.800. The fraction of sp³-hybridized carbons (Fsp3) is 1.00. The predicted octanol–water partition coefficient (Wildman–Crippen LogP) is 0.824. The largest absolute Gasteiger partial charge is 0.618 e. The van der Waals surface area contributed by atoms with Gasteiger partial charge >= 0.3 is 28.6 Å². The first kappa shape index (κ1) is 13.8. The van der Waals surface area contributed by atoms with Crippen molar-refractivity contribution >= 4 is 46.7 Å². The number of hydrogen-bond donors (Lipinski definition) is 1.